The molecule has 1 N–H and O–H groups in total. The van der Waals surface area contributed by atoms with Crippen molar-refractivity contribution in [2.24, 2.45) is 0 Å². The molecule has 0 unspecified atom stereocenters. The second-order valence-electron chi connectivity index (χ2n) is 2.96. The average Bonchev–Trinajstić information content (AvgIpc) is 2.78. The van der Waals surface area contributed by atoms with Crippen LogP contribution in [0, 0.1) is 0 Å². The summed E-state index contributed by atoms with van der Waals surface area (Å²) in [7, 11) is 1.54. The number of aromatic carboxylic acids is 1. The van der Waals surface area contributed by atoms with Gasteiger partial charge < -0.3 is 14.4 Å². The van der Waals surface area contributed by atoms with E-state index in [4.69, 9.17) is 9.84 Å². The minimum Gasteiger partial charge on any atom is -0.497 e. The van der Waals surface area contributed by atoms with Crippen LogP contribution in [0.2, 0.25) is 0 Å². The maximum atomic E-state index is 10.5. The second-order valence-corrected chi connectivity index (χ2v) is 2.96. The van der Waals surface area contributed by atoms with Crippen molar-refractivity contribution in [3.63, 3.8) is 0 Å². The van der Waals surface area contributed by atoms with Gasteiger partial charge in [-0.2, -0.15) is 4.98 Å². The van der Waals surface area contributed by atoms with Gasteiger partial charge in [-0.15, -0.1) is 0 Å². The van der Waals surface area contributed by atoms with Crippen molar-refractivity contribution in [1.29, 1.82) is 0 Å². The Bertz CT molecular complexity index is 521. The molecule has 6 nitrogen and oxygen atoms in total. The fourth-order valence-corrected chi connectivity index (χ4v) is 1.19. The molecule has 16 heavy (non-hydrogen) atoms. The molecule has 0 atom stereocenters. The van der Waals surface area contributed by atoms with E-state index >= 15 is 0 Å². The van der Waals surface area contributed by atoms with Crippen molar-refractivity contribution in [3.05, 3.63) is 30.2 Å². The number of carbonyl (C=O) groups is 1. The molecule has 0 aliphatic carbocycles. The van der Waals surface area contributed by atoms with E-state index in [2.05, 4.69) is 14.7 Å². The monoisotopic (exact) mass is 220 g/mol. The highest BCUT2D eigenvalue weighted by Crippen LogP contribution is 2.20. The number of carboxylic acid groups (broad SMARTS) is 1. The molecule has 82 valence electrons. The fraction of sp³-hybridized carbons (Fsp3) is 0.100. The van der Waals surface area contributed by atoms with Crippen molar-refractivity contribution in [2.75, 3.05) is 7.11 Å². The first-order valence-electron chi connectivity index (χ1n) is 4.42. The van der Waals surface area contributed by atoms with E-state index in [1.807, 2.05) is 0 Å². The lowest BCUT2D eigenvalue weighted by atomic mass is 10.2. The van der Waals surface area contributed by atoms with E-state index < -0.39 is 11.9 Å². The summed E-state index contributed by atoms with van der Waals surface area (Å²) < 4.78 is 9.58. The largest absolute Gasteiger partial charge is 0.497 e. The Morgan fingerprint density at radius 2 is 2.31 bits per heavy atom. The molecule has 0 aliphatic rings. The molecule has 0 saturated carbocycles. The number of hydrogen-bond donors (Lipinski definition) is 1. The van der Waals surface area contributed by atoms with Crippen molar-refractivity contribution in [3.8, 4) is 17.1 Å². The lowest BCUT2D eigenvalue weighted by molar-refractivity contribution is 0.0643. The van der Waals surface area contributed by atoms with Gasteiger partial charge in [-0.25, -0.2) is 4.79 Å². The molecular formula is C10H8N2O4. The Hall–Kier alpha value is -2.37. The third-order valence-corrected chi connectivity index (χ3v) is 1.94. The molecule has 0 radical (unpaired) electrons. The van der Waals surface area contributed by atoms with Crippen LogP contribution in [0.4, 0.5) is 0 Å². The van der Waals surface area contributed by atoms with E-state index in [0.29, 0.717) is 11.3 Å². The van der Waals surface area contributed by atoms with E-state index in [-0.39, 0.29) is 5.82 Å². The molecule has 2 rings (SSSR count). The van der Waals surface area contributed by atoms with Crippen LogP contribution in [0.1, 0.15) is 10.7 Å². The van der Waals surface area contributed by atoms with Gasteiger partial charge >= 0.3 is 11.9 Å². The molecule has 0 aliphatic heterocycles. The van der Waals surface area contributed by atoms with Crippen LogP contribution in [-0.2, 0) is 0 Å². The molecule has 1 aromatic heterocycles. The summed E-state index contributed by atoms with van der Waals surface area (Å²) in [4.78, 5) is 14.3. The number of carboxylic acids is 1. The minimum absolute atomic E-state index is 0.219. The van der Waals surface area contributed by atoms with E-state index in [1.54, 1.807) is 24.3 Å². The molecule has 2 aromatic rings. The van der Waals surface area contributed by atoms with Crippen molar-refractivity contribution in [1.82, 2.24) is 10.1 Å². The fourth-order valence-electron chi connectivity index (χ4n) is 1.19. The number of ether oxygens (including phenoxy) is 1. The normalized spacial score (nSPS) is 10.1. The van der Waals surface area contributed by atoms with E-state index in [9.17, 15) is 4.79 Å². The Morgan fingerprint density at radius 1 is 1.50 bits per heavy atom. The van der Waals surface area contributed by atoms with Gasteiger partial charge in [-0.1, -0.05) is 17.3 Å². The first-order chi connectivity index (χ1) is 7.70. The minimum atomic E-state index is -1.25. The third-order valence-electron chi connectivity index (χ3n) is 1.94. The highest BCUT2D eigenvalue weighted by molar-refractivity contribution is 5.82. The van der Waals surface area contributed by atoms with Crippen LogP contribution in [0.25, 0.3) is 11.4 Å². The van der Waals surface area contributed by atoms with Crippen molar-refractivity contribution in [2.45, 2.75) is 0 Å². The number of hydrogen-bond acceptors (Lipinski definition) is 5. The topological polar surface area (TPSA) is 85.5 Å². The Labute approximate surface area is 90.5 Å². The predicted molar refractivity (Wildman–Crippen MR) is 53.2 cm³/mol. The van der Waals surface area contributed by atoms with Gasteiger partial charge in [0.2, 0.25) is 5.82 Å². The maximum Gasteiger partial charge on any atom is 0.394 e. The van der Waals surface area contributed by atoms with Crippen LogP contribution in [0.15, 0.2) is 28.8 Å². The summed E-state index contributed by atoms with van der Waals surface area (Å²) in [5, 5.41) is 12.2. The van der Waals surface area contributed by atoms with Crippen LogP contribution in [-0.4, -0.2) is 28.3 Å². The van der Waals surface area contributed by atoms with Gasteiger partial charge in [0.25, 0.3) is 0 Å². The van der Waals surface area contributed by atoms with Crippen LogP contribution >= 0.6 is 0 Å². The Balaban J connectivity index is 2.38. The average molecular weight is 220 g/mol. The number of benzene rings is 1. The number of rotatable bonds is 3. The molecule has 0 amide bonds. The predicted octanol–water partition coefficient (Wildman–Crippen LogP) is 1.44. The highest BCUT2D eigenvalue weighted by Gasteiger charge is 2.14. The summed E-state index contributed by atoms with van der Waals surface area (Å²) in [5.74, 6) is -0.824. The van der Waals surface area contributed by atoms with Crippen molar-refractivity contribution >= 4 is 5.97 Å². The molecule has 0 fully saturated rings. The zero-order valence-corrected chi connectivity index (χ0v) is 8.38. The van der Waals surface area contributed by atoms with Gasteiger partial charge in [0, 0.05) is 5.56 Å². The van der Waals surface area contributed by atoms with Gasteiger partial charge in [0.1, 0.15) is 5.75 Å². The molecular weight excluding hydrogens is 212 g/mol. The Kier molecular flexibility index (Phi) is 2.55. The smallest absolute Gasteiger partial charge is 0.394 e. The molecule has 1 aromatic carbocycles. The quantitative estimate of drug-likeness (QED) is 0.842. The highest BCUT2D eigenvalue weighted by atomic mass is 16.5. The molecule has 0 bridgehead atoms. The first-order valence-corrected chi connectivity index (χ1v) is 4.42. The van der Waals surface area contributed by atoms with Crippen LogP contribution in [0.3, 0.4) is 0 Å². The summed E-state index contributed by atoms with van der Waals surface area (Å²) in [5.41, 5.74) is 0.635. The van der Waals surface area contributed by atoms with Crippen LogP contribution < -0.4 is 4.74 Å². The zero-order chi connectivity index (χ0) is 11.5. The molecule has 6 heteroatoms. The molecule has 0 spiro atoms. The Morgan fingerprint density at radius 3 is 2.94 bits per heavy atom. The van der Waals surface area contributed by atoms with Gasteiger partial charge in [0.05, 0.1) is 7.11 Å². The summed E-state index contributed by atoms with van der Waals surface area (Å²) in [6, 6.07) is 6.95. The van der Waals surface area contributed by atoms with Gasteiger partial charge in [-0.3, -0.25) is 0 Å². The number of methoxy groups -OCH3 is 1. The first kappa shape index (κ1) is 10.2. The third kappa shape index (κ3) is 1.85. The summed E-state index contributed by atoms with van der Waals surface area (Å²) in [6.45, 7) is 0. The van der Waals surface area contributed by atoms with Gasteiger partial charge in [0.15, 0.2) is 0 Å². The summed E-state index contributed by atoms with van der Waals surface area (Å²) in [6.07, 6.45) is 0. The van der Waals surface area contributed by atoms with Gasteiger partial charge in [-0.05, 0) is 12.1 Å². The lowest BCUT2D eigenvalue weighted by Crippen LogP contribution is -1.95. The standard InChI is InChI=1S/C10H8N2O4/c1-15-7-4-2-3-6(5-7)8-11-9(10(13)14)16-12-8/h2-5H,1H3,(H,13,14). The van der Waals surface area contributed by atoms with Crippen LogP contribution in [0.5, 0.6) is 5.75 Å². The molecule has 1 heterocycles. The zero-order valence-electron chi connectivity index (χ0n) is 8.38. The van der Waals surface area contributed by atoms with Crippen molar-refractivity contribution < 1.29 is 19.2 Å². The SMILES string of the molecule is COc1cccc(-c2noc(C(=O)O)n2)c1. The summed E-state index contributed by atoms with van der Waals surface area (Å²) >= 11 is 0. The lowest BCUT2D eigenvalue weighted by Gasteiger charge is -1.99. The van der Waals surface area contributed by atoms with E-state index in [1.165, 1.54) is 7.11 Å². The number of aromatic nitrogens is 2. The maximum absolute atomic E-state index is 10.5. The molecule has 0 saturated heterocycles. The van der Waals surface area contributed by atoms with E-state index in [0.717, 1.165) is 0 Å². The second kappa shape index (κ2) is 4.01. The number of nitrogens with zero attached hydrogens (tertiary/aromatic N) is 2.